The van der Waals surface area contributed by atoms with Crippen molar-refractivity contribution in [2.45, 2.75) is 52.4 Å². The smallest absolute Gasteiger partial charge is 0.161 e. The predicted molar refractivity (Wildman–Crippen MR) is 270 cm³/mol. The normalized spacial score (nSPS) is 12.2. The Labute approximate surface area is 375 Å². The predicted octanol–water partition coefficient (Wildman–Crippen LogP) is 15.9. The van der Waals surface area contributed by atoms with E-state index in [4.69, 9.17) is 9.97 Å². The van der Waals surface area contributed by atoms with Crippen molar-refractivity contribution in [1.82, 2.24) is 19.1 Å². The topological polar surface area (TPSA) is 35.6 Å². The zero-order valence-corrected chi connectivity index (χ0v) is 37.3. The lowest BCUT2D eigenvalue weighted by Crippen LogP contribution is -2.10. The molecule has 0 aliphatic rings. The number of benzene rings is 8. The maximum atomic E-state index is 5.48. The number of rotatable bonds is 6. The van der Waals surface area contributed by atoms with Crippen LogP contribution in [-0.4, -0.2) is 19.1 Å². The summed E-state index contributed by atoms with van der Waals surface area (Å²) in [6.45, 7) is 13.8. The van der Waals surface area contributed by atoms with Gasteiger partial charge in [-0.3, -0.25) is 0 Å². The van der Waals surface area contributed by atoms with E-state index in [1.54, 1.807) is 0 Å². The standard InChI is InChI=1S/C60H50N4/c1-59(2,3)41-32-34-54-47(36-41)48-37-42(60(4,5)6)33-35-55(48)64(54)56-31-19-27-46(58-61-49(39-20-9-7-10-21-39)38-50(62-58)40-22-11-8-12-23-40)57(56)45-26-15-18-30-53(45)63-51-28-16-13-24-43(51)44-25-14-17-29-52(44)63/h7-38H,1-6H3. The van der Waals surface area contributed by atoms with Crippen LogP contribution in [0.4, 0.5) is 0 Å². The first kappa shape index (κ1) is 39.3. The van der Waals surface area contributed by atoms with Crippen LogP contribution in [0, 0.1) is 0 Å². The largest absolute Gasteiger partial charge is 0.309 e. The fourth-order valence-corrected chi connectivity index (χ4v) is 9.56. The van der Waals surface area contributed by atoms with Gasteiger partial charge >= 0.3 is 0 Å². The second-order valence-electron chi connectivity index (χ2n) is 19.1. The molecule has 64 heavy (non-hydrogen) atoms. The second-order valence-corrected chi connectivity index (χ2v) is 19.1. The first-order valence-corrected chi connectivity index (χ1v) is 22.3. The molecule has 0 saturated heterocycles. The van der Waals surface area contributed by atoms with Gasteiger partial charge in [-0.05, 0) is 76.6 Å². The van der Waals surface area contributed by atoms with Crippen LogP contribution in [0.1, 0.15) is 52.7 Å². The van der Waals surface area contributed by atoms with Crippen molar-refractivity contribution < 1.29 is 0 Å². The van der Waals surface area contributed by atoms with Crippen molar-refractivity contribution in [2.24, 2.45) is 0 Å². The molecule has 11 aromatic rings. The number of para-hydroxylation sites is 3. The molecular weight excluding hydrogens is 777 g/mol. The highest BCUT2D eigenvalue weighted by Gasteiger charge is 2.26. The SMILES string of the molecule is CC(C)(C)c1ccc2c(c1)c1cc(C(C)(C)C)ccc1n2-c1cccc(-c2nc(-c3ccccc3)cc(-c3ccccc3)n2)c1-c1ccccc1-n1c2ccccc2c2ccccc21. The van der Waals surface area contributed by atoms with Gasteiger partial charge in [0.1, 0.15) is 0 Å². The van der Waals surface area contributed by atoms with Gasteiger partial charge in [0.15, 0.2) is 5.82 Å². The molecule has 0 radical (unpaired) electrons. The summed E-state index contributed by atoms with van der Waals surface area (Å²) in [5.41, 5.74) is 16.3. The molecule has 0 aliphatic carbocycles. The molecule has 11 rings (SSSR count). The average molecular weight is 827 g/mol. The van der Waals surface area contributed by atoms with Crippen LogP contribution >= 0.6 is 0 Å². The van der Waals surface area contributed by atoms with E-state index < -0.39 is 0 Å². The molecule has 0 unspecified atom stereocenters. The lowest BCUT2D eigenvalue weighted by molar-refractivity contribution is 0.590. The van der Waals surface area contributed by atoms with E-state index in [1.165, 1.54) is 32.7 Å². The Balaban J connectivity index is 1.29. The maximum absolute atomic E-state index is 5.48. The van der Waals surface area contributed by atoms with E-state index in [0.29, 0.717) is 5.82 Å². The van der Waals surface area contributed by atoms with Gasteiger partial charge in [0.2, 0.25) is 0 Å². The third-order valence-corrected chi connectivity index (χ3v) is 12.9. The van der Waals surface area contributed by atoms with Gasteiger partial charge in [-0.2, -0.15) is 0 Å². The van der Waals surface area contributed by atoms with Gasteiger partial charge in [-0.1, -0.05) is 181 Å². The fourth-order valence-electron chi connectivity index (χ4n) is 9.56. The molecule has 8 aromatic carbocycles. The molecule has 0 bridgehead atoms. The first-order valence-electron chi connectivity index (χ1n) is 22.3. The van der Waals surface area contributed by atoms with Crippen molar-refractivity contribution in [2.75, 3.05) is 0 Å². The van der Waals surface area contributed by atoms with E-state index in [1.807, 2.05) is 0 Å². The number of hydrogen-bond acceptors (Lipinski definition) is 2. The average Bonchev–Trinajstić information content (AvgIpc) is 3.83. The van der Waals surface area contributed by atoms with Gasteiger partial charge in [0, 0.05) is 49.4 Å². The number of aromatic nitrogens is 4. The lowest BCUT2D eigenvalue weighted by atomic mass is 9.85. The van der Waals surface area contributed by atoms with Gasteiger partial charge < -0.3 is 9.13 Å². The molecule has 0 atom stereocenters. The van der Waals surface area contributed by atoms with Gasteiger partial charge in [0.25, 0.3) is 0 Å². The minimum absolute atomic E-state index is 0.0197. The van der Waals surface area contributed by atoms with Crippen LogP contribution in [0.15, 0.2) is 194 Å². The molecule has 0 aliphatic heterocycles. The number of fused-ring (bicyclic) bond motifs is 6. The summed E-state index contributed by atoms with van der Waals surface area (Å²) in [5, 5.41) is 4.93. The Hall–Kier alpha value is -7.56. The molecule has 0 fully saturated rings. The molecule has 0 saturated carbocycles. The monoisotopic (exact) mass is 826 g/mol. The van der Waals surface area contributed by atoms with E-state index in [0.717, 1.165) is 72.6 Å². The molecule has 3 heterocycles. The minimum Gasteiger partial charge on any atom is -0.309 e. The van der Waals surface area contributed by atoms with Crippen molar-refractivity contribution in [3.05, 3.63) is 205 Å². The van der Waals surface area contributed by atoms with Gasteiger partial charge in [0.05, 0.1) is 44.8 Å². The molecule has 0 N–H and O–H groups in total. The van der Waals surface area contributed by atoms with Crippen LogP contribution in [0.25, 0.3) is 100 Å². The third kappa shape index (κ3) is 6.60. The summed E-state index contributed by atoms with van der Waals surface area (Å²) in [7, 11) is 0. The highest BCUT2D eigenvalue weighted by atomic mass is 15.0. The van der Waals surface area contributed by atoms with E-state index in [9.17, 15) is 0 Å². The Morgan fingerprint density at radius 3 is 1.30 bits per heavy atom. The lowest BCUT2D eigenvalue weighted by Gasteiger charge is -2.22. The highest BCUT2D eigenvalue weighted by molar-refractivity contribution is 6.12. The van der Waals surface area contributed by atoms with Crippen LogP contribution in [0.3, 0.4) is 0 Å². The second kappa shape index (κ2) is 15.1. The fraction of sp³-hybridized carbons (Fsp3) is 0.133. The van der Waals surface area contributed by atoms with E-state index in [2.05, 4.69) is 245 Å². The first-order chi connectivity index (χ1) is 31.0. The minimum atomic E-state index is -0.0197. The van der Waals surface area contributed by atoms with Gasteiger partial charge in [-0.15, -0.1) is 0 Å². The Bertz CT molecular complexity index is 3380. The molecule has 4 heteroatoms. The Morgan fingerprint density at radius 2 is 0.766 bits per heavy atom. The quantitative estimate of drug-likeness (QED) is 0.167. The van der Waals surface area contributed by atoms with Crippen LogP contribution < -0.4 is 0 Å². The maximum Gasteiger partial charge on any atom is 0.161 e. The van der Waals surface area contributed by atoms with Crippen LogP contribution in [0.5, 0.6) is 0 Å². The summed E-state index contributed by atoms with van der Waals surface area (Å²) < 4.78 is 4.93. The summed E-state index contributed by atoms with van der Waals surface area (Å²) in [6.07, 6.45) is 0. The van der Waals surface area contributed by atoms with Crippen molar-refractivity contribution in [3.63, 3.8) is 0 Å². The van der Waals surface area contributed by atoms with Crippen molar-refractivity contribution in [3.8, 4) is 56.4 Å². The van der Waals surface area contributed by atoms with E-state index in [-0.39, 0.29) is 10.8 Å². The summed E-state index contributed by atoms with van der Waals surface area (Å²) in [6, 6.07) is 70.3. The molecule has 0 amide bonds. The Kier molecular flexibility index (Phi) is 9.25. The number of hydrogen-bond donors (Lipinski definition) is 0. The zero-order chi connectivity index (χ0) is 43.7. The van der Waals surface area contributed by atoms with Crippen molar-refractivity contribution in [1.29, 1.82) is 0 Å². The number of nitrogens with zero attached hydrogens (tertiary/aromatic N) is 4. The third-order valence-electron chi connectivity index (χ3n) is 12.9. The molecule has 310 valence electrons. The molecule has 0 spiro atoms. The van der Waals surface area contributed by atoms with E-state index >= 15 is 0 Å². The molecule has 4 nitrogen and oxygen atoms in total. The zero-order valence-electron chi connectivity index (χ0n) is 37.3. The summed E-state index contributed by atoms with van der Waals surface area (Å²) >= 11 is 0. The van der Waals surface area contributed by atoms with Crippen molar-refractivity contribution >= 4 is 43.6 Å². The Morgan fingerprint density at radius 1 is 0.344 bits per heavy atom. The van der Waals surface area contributed by atoms with Crippen LogP contribution in [0.2, 0.25) is 0 Å². The highest BCUT2D eigenvalue weighted by Crippen LogP contribution is 2.46. The van der Waals surface area contributed by atoms with Crippen LogP contribution in [-0.2, 0) is 10.8 Å². The van der Waals surface area contributed by atoms with Gasteiger partial charge in [-0.25, -0.2) is 9.97 Å². The molecule has 3 aromatic heterocycles. The summed E-state index contributed by atoms with van der Waals surface area (Å²) in [4.78, 5) is 11.0. The molecular formula is C60H50N4. The summed E-state index contributed by atoms with van der Waals surface area (Å²) in [5.74, 6) is 0.667.